The van der Waals surface area contributed by atoms with Crippen LogP contribution in [0.4, 0.5) is 0 Å². The lowest BCUT2D eigenvalue weighted by Crippen LogP contribution is -2.54. The van der Waals surface area contributed by atoms with Gasteiger partial charge in [-0.05, 0) is 43.6 Å². The van der Waals surface area contributed by atoms with Crippen molar-refractivity contribution in [2.75, 3.05) is 6.54 Å². The average molecular weight is 288 g/mol. The summed E-state index contributed by atoms with van der Waals surface area (Å²) in [5, 5.41) is 0. The molecule has 21 heavy (non-hydrogen) atoms. The summed E-state index contributed by atoms with van der Waals surface area (Å²) in [6, 6.07) is 10.2. The van der Waals surface area contributed by atoms with Gasteiger partial charge in [-0.15, -0.1) is 0 Å². The molecular formula is C18H28N2O. The van der Waals surface area contributed by atoms with E-state index < -0.39 is 0 Å². The number of carbonyl (C=O) groups excluding carboxylic acids is 1. The molecule has 0 bridgehead atoms. The van der Waals surface area contributed by atoms with Gasteiger partial charge in [-0.25, -0.2) is 0 Å². The normalized spacial score (nSPS) is 27.4. The molecule has 0 radical (unpaired) electrons. The molecular weight excluding hydrogens is 260 g/mol. The summed E-state index contributed by atoms with van der Waals surface area (Å²) >= 11 is 0. The first-order chi connectivity index (χ1) is 9.99. The number of nitrogens with zero attached hydrogens (tertiary/aromatic N) is 1. The van der Waals surface area contributed by atoms with E-state index in [0.717, 1.165) is 19.4 Å². The molecule has 0 saturated carbocycles. The number of amides is 1. The van der Waals surface area contributed by atoms with E-state index >= 15 is 0 Å². The summed E-state index contributed by atoms with van der Waals surface area (Å²) in [4.78, 5) is 14.6. The van der Waals surface area contributed by atoms with Crippen LogP contribution in [-0.2, 0) is 11.2 Å². The molecule has 1 aromatic carbocycles. The van der Waals surface area contributed by atoms with Gasteiger partial charge in [-0.3, -0.25) is 4.79 Å². The molecule has 1 fully saturated rings. The second kappa shape index (κ2) is 7.08. The maximum atomic E-state index is 12.6. The van der Waals surface area contributed by atoms with Crippen LogP contribution in [0.2, 0.25) is 0 Å². The highest BCUT2D eigenvalue weighted by Crippen LogP contribution is 2.27. The third-order valence-corrected chi connectivity index (χ3v) is 4.78. The lowest BCUT2D eigenvalue weighted by Gasteiger charge is -2.42. The van der Waals surface area contributed by atoms with Crippen molar-refractivity contribution in [2.45, 2.75) is 52.1 Å². The first kappa shape index (κ1) is 16.0. The zero-order chi connectivity index (χ0) is 15.4. The van der Waals surface area contributed by atoms with Crippen LogP contribution in [-0.4, -0.2) is 29.4 Å². The highest BCUT2D eigenvalue weighted by atomic mass is 16.2. The molecule has 1 aliphatic rings. The Morgan fingerprint density at radius 2 is 1.95 bits per heavy atom. The molecule has 1 heterocycles. The van der Waals surface area contributed by atoms with Crippen molar-refractivity contribution < 1.29 is 4.79 Å². The van der Waals surface area contributed by atoms with Crippen LogP contribution in [0.25, 0.3) is 0 Å². The lowest BCUT2D eigenvalue weighted by atomic mass is 9.85. The minimum atomic E-state index is -0.384. The van der Waals surface area contributed by atoms with E-state index in [1.165, 1.54) is 12.0 Å². The standard InChI is InChI=1S/C18H28N2O/c1-13-11-14(2)15(3)20(12-13)18(21)17(19)10-9-16-7-5-4-6-8-16/h4-8,13-15,17H,9-12,19H2,1-3H3/t13?,14?,15?,17-/m0/s1. The molecule has 1 aromatic rings. The minimum Gasteiger partial charge on any atom is -0.338 e. The van der Waals surface area contributed by atoms with E-state index in [9.17, 15) is 4.79 Å². The predicted molar refractivity (Wildman–Crippen MR) is 86.9 cm³/mol. The maximum absolute atomic E-state index is 12.6. The van der Waals surface area contributed by atoms with E-state index in [1.807, 2.05) is 23.1 Å². The Kier molecular flexibility index (Phi) is 5.40. The number of benzene rings is 1. The largest absolute Gasteiger partial charge is 0.338 e. The van der Waals surface area contributed by atoms with Gasteiger partial charge < -0.3 is 10.6 Å². The Balaban J connectivity index is 1.92. The molecule has 1 saturated heterocycles. The van der Waals surface area contributed by atoms with E-state index in [-0.39, 0.29) is 11.9 Å². The number of likely N-dealkylation sites (tertiary alicyclic amines) is 1. The Morgan fingerprint density at radius 1 is 1.29 bits per heavy atom. The van der Waals surface area contributed by atoms with Crippen LogP contribution < -0.4 is 5.73 Å². The summed E-state index contributed by atoms with van der Waals surface area (Å²) in [5.41, 5.74) is 7.40. The summed E-state index contributed by atoms with van der Waals surface area (Å²) in [6.45, 7) is 7.45. The van der Waals surface area contributed by atoms with Gasteiger partial charge in [0, 0.05) is 12.6 Å². The zero-order valence-electron chi connectivity index (χ0n) is 13.5. The Hall–Kier alpha value is -1.35. The summed E-state index contributed by atoms with van der Waals surface area (Å²) < 4.78 is 0. The van der Waals surface area contributed by atoms with Crippen molar-refractivity contribution in [1.29, 1.82) is 0 Å². The molecule has 2 N–H and O–H groups in total. The first-order valence-corrected chi connectivity index (χ1v) is 8.09. The van der Waals surface area contributed by atoms with Crippen LogP contribution in [0.15, 0.2) is 30.3 Å². The van der Waals surface area contributed by atoms with E-state index in [4.69, 9.17) is 5.73 Å². The van der Waals surface area contributed by atoms with Crippen molar-refractivity contribution in [2.24, 2.45) is 17.6 Å². The number of piperidine rings is 1. The number of hydrogen-bond donors (Lipinski definition) is 1. The van der Waals surface area contributed by atoms with Crippen molar-refractivity contribution in [3.8, 4) is 0 Å². The van der Waals surface area contributed by atoms with Gasteiger partial charge in [0.25, 0.3) is 0 Å². The van der Waals surface area contributed by atoms with Gasteiger partial charge in [-0.2, -0.15) is 0 Å². The van der Waals surface area contributed by atoms with E-state index in [1.54, 1.807) is 0 Å². The summed E-state index contributed by atoms with van der Waals surface area (Å²) in [7, 11) is 0. The van der Waals surface area contributed by atoms with Gasteiger partial charge in [0.15, 0.2) is 0 Å². The number of aryl methyl sites for hydroxylation is 1. The Labute approximate surface area is 128 Å². The monoisotopic (exact) mass is 288 g/mol. The molecule has 1 aliphatic heterocycles. The molecule has 116 valence electrons. The van der Waals surface area contributed by atoms with Crippen LogP contribution in [0, 0.1) is 11.8 Å². The van der Waals surface area contributed by atoms with Crippen LogP contribution >= 0.6 is 0 Å². The number of nitrogens with two attached hydrogens (primary N) is 1. The van der Waals surface area contributed by atoms with Gasteiger partial charge >= 0.3 is 0 Å². The SMILES string of the molecule is CC1CC(C)C(C)N(C(=O)[C@@H](N)CCc2ccccc2)C1. The fourth-order valence-corrected chi connectivity index (χ4v) is 3.31. The molecule has 0 aromatic heterocycles. The van der Waals surface area contributed by atoms with Crippen molar-refractivity contribution in [3.05, 3.63) is 35.9 Å². The Bertz CT molecular complexity index is 460. The van der Waals surface area contributed by atoms with Crippen molar-refractivity contribution in [1.82, 2.24) is 4.90 Å². The fraction of sp³-hybridized carbons (Fsp3) is 0.611. The molecule has 4 atom stereocenters. The van der Waals surface area contributed by atoms with Crippen LogP contribution in [0.1, 0.15) is 39.2 Å². The third-order valence-electron chi connectivity index (χ3n) is 4.78. The van der Waals surface area contributed by atoms with E-state index in [0.29, 0.717) is 17.9 Å². The van der Waals surface area contributed by atoms with Gasteiger partial charge in [0.05, 0.1) is 6.04 Å². The topological polar surface area (TPSA) is 46.3 Å². The summed E-state index contributed by atoms with van der Waals surface area (Å²) in [6.07, 6.45) is 2.78. The average Bonchev–Trinajstić information content (AvgIpc) is 2.48. The Morgan fingerprint density at radius 3 is 2.62 bits per heavy atom. The van der Waals surface area contributed by atoms with Crippen LogP contribution in [0.3, 0.4) is 0 Å². The van der Waals surface area contributed by atoms with Gasteiger partial charge in [-0.1, -0.05) is 44.2 Å². The number of hydrogen-bond acceptors (Lipinski definition) is 2. The minimum absolute atomic E-state index is 0.122. The van der Waals surface area contributed by atoms with E-state index in [2.05, 4.69) is 32.9 Å². The molecule has 1 amide bonds. The first-order valence-electron chi connectivity index (χ1n) is 8.09. The predicted octanol–water partition coefficient (Wildman–Crippen LogP) is 2.84. The second-order valence-corrected chi connectivity index (χ2v) is 6.68. The molecule has 3 nitrogen and oxygen atoms in total. The van der Waals surface area contributed by atoms with Crippen LogP contribution in [0.5, 0.6) is 0 Å². The molecule has 2 rings (SSSR count). The fourth-order valence-electron chi connectivity index (χ4n) is 3.31. The highest BCUT2D eigenvalue weighted by molar-refractivity contribution is 5.82. The van der Waals surface area contributed by atoms with Crippen molar-refractivity contribution >= 4 is 5.91 Å². The molecule has 0 spiro atoms. The maximum Gasteiger partial charge on any atom is 0.239 e. The molecule has 3 heteroatoms. The highest BCUT2D eigenvalue weighted by Gasteiger charge is 2.33. The van der Waals surface area contributed by atoms with Crippen molar-refractivity contribution in [3.63, 3.8) is 0 Å². The third kappa shape index (κ3) is 4.07. The number of carbonyl (C=O) groups is 1. The molecule has 0 aliphatic carbocycles. The number of rotatable bonds is 4. The smallest absolute Gasteiger partial charge is 0.239 e. The van der Waals surface area contributed by atoms with Gasteiger partial charge in [0.1, 0.15) is 0 Å². The quantitative estimate of drug-likeness (QED) is 0.926. The summed E-state index contributed by atoms with van der Waals surface area (Å²) in [5.74, 6) is 1.25. The lowest BCUT2D eigenvalue weighted by molar-refractivity contribution is -0.138. The van der Waals surface area contributed by atoms with Gasteiger partial charge in [0.2, 0.25) is 5.91 Å². The molecule has 3 unspecified atom stereocenters. The zero-order valence-corrected chi connectivity index (χ0v) is 13.5. The second-order valence-electron chi connectivity index (χ2n) is 6.68.